The number of carbonyl (C=O) groups excluding carboxylic acids is 1. The minimum atomic E-state index is -4.16. The minimum Gasteiger partial charge on any atom is -0.495 e. The number of hydrogen-bond acceptors (Lipinski definition) is 4. The van der Waals surface area contributed by atoms with Crippen LogP contribution in [-0.2, 0) is 14.8 Å². The summed E-state index contributed by atoms with van der Waals surface area (Å²) in [5.74, 6) is -5.28. The Bertz CT molecular complexity index is 1110. The lowest BCUT2D eigenvalue weighted by atomic mass is 9.95. The fourth-order valence-electron chi connectivity index (χ4n) is 3.68. The molecule has 1 N–H and O–H groups in total. The van der Waals surface area contributed by atoms with Gasteiger partial charge in [0.15, 0.2) is 17.5 Å². The molecule has 0 aliphatic heterocycles. The van der Waals surface area contributed by atoms with Gasteiger partial charge in [-0.2, -0.15) is 4.31 Å². The Morgan fingerprint density at radius 2 is 1.81 bits per heavy atom. The first-order valence-electron chi connectivity index (χ1n) is 9.94. The summed E-state index contributed by atoms with van der Waals surface area (Å²) in [6.45, 7) is -0.630. The zero-order chi connectivity index (χ0) is 23.5. The summed E-state index contributed by atoms with van der Waals surface area (Å²) >= 11 is 6.09. The van der Waals surface area contributed by atoms with Gasteiger partial charge in [0.25, 0.3) is 0 Å². The highest BCUT2D eigenvalue weighted by Crippen LogP contribution is 2.32. The van der Waals surface area contributed by atoms with Crippen LogP contribution < -0.4 is 10.1 Å². The van der Waals surface area contributed by atoms with Crippen molar-refractivity contribution in [1.29, 1.82) is 0 Å². The quantitative estimate of drug-likeness (QED) is 0.569. The maximum atomic E-state index is 13.9. The van der Waals surface area contributed by atoms with E-state index in [0.717, 1.165) is 29.6 Å². The molecule has 2 aromatic carbocycles. The number of carbonyl (C=O) groups is 1. The number of sulfonamides is 1. The summed E-state index contributed by atoms with van der Waals surface area (Å²) < 4.78 is 73.5. The number of nitrogens with one attached hydrogen (secondary N) is 1. The average molecular weight is 491 g/mol. The van der Waals surface area contributed by atoms with Gasteiger partial charge in [-0.3, -0.25) is 4.79 Å². The minimum absolute atomic E-state index is 0.0884. The molecule has 0 heterocycles. The number of ether oxygens (including phenoxy) is 1. The average Bonchev–Trinajstić information content (AvgIpc) is 2.78. The van der Waals surface area contributed by atoms with E-state index >= 15 is 0 Å². The van der Waals surface area contributed by atoms with E-state index in [-0.39, 0.29) is 9.92 Å². The van der Waals surface area contributed by atoms with Crippen LogP contribution in [0.2, 0.25) is 5.02 Å². The van der Waals surface area contributed by atoms with Crippen LogP contribution in [0.15, 0.2) is 35.2 Å². The van der Waals surface area contributed by atoms with Crippen LogP contribution in [-0.4, -0.2) is 38.3 Å². The van der Waals surface area contributed by atoms with Crippen molar-refractivity contribution in [3.63, 3.8) is 0 Å². The zero-order valence-corrected chi connectivity index (χ0v) is 18.8. The molecule has 0 radical (unpaired) electrons. The van der Waals surface area contributed by atoms with Gasteiger partial charge >= 0.3 is 0 Å². The topological polar surface area (TPSA) is 75.7 Å². The van der Waals surface area contributed by atoms with Crippen LogP contribution in [0.4, 0.5) is 18.9 Å². The summed E-state index contributed by atoms with van der Waals surface area (Å²) in [4.78, 5) is 12.5. The predicted molar refractivity (Wildman–Crippen MR) is 114 cm³/mol. The lowest BCUT2D eigenvalue weighted by Crippen LogP contribution is -2.45. The predicted octanol–water partition coefficient (Wildman–Crippen LogP) is 4.73. The van der Waals surface area contributed by atoms with E-state index in [4.69, 9.17) is 16.3 Å². The lowest BCUT2D eigenvalue weighted by molar-refractivity contribution is -0.116. The van der Waals surface area contributed by atoms with E-state index in [1.54, 1.807) is 0 Å². The van der Waals surface area contributed by atoms with Gasteiger partial charge in [-0.05, 0) is 43.2 Å². The first kappa shape index (κ1) is 24.3. The third-order valence-corrected chi connectivity index (χ3v) is 7.51. The van der Waals surface area contributed by atoms with Crippen molar-refractivity contribution in [2.45, 2.75) is 43.0 Å². The SMILES string of the molecule is COc1ccc(S(=O)(=O)N(CC(=O)Nc2ccc(F)c(F)c2F)C2CCCCC2)cc1Cl. The Kier molecular flexibility index (Phi) is 7.68. The van der Waals surface area contributed by atoms with Crippen LogP contribution in [0.3, 0.4) is 0 Å². The molecule has 3 rings (SSSR count). The van der Waals surface area contributed by atoms with Crippen LogP contribution in [0.25, 0.3) is 0 Å². The van der Waals surface area contributed by atoms with Crippen molar-refractivity contribution in [2.75, 3.05) is 19.0 Å². The van der Waals surface area contributed by atoms with E-state index < -0.39 is 51.7 Å². The maximum Gasteiger partial charge on any atom is 0.243 e. The third-order valence-electron chi connectivity index (χ3n) is 5.32. The Labute approximate surface area is 189 Å². The number of benzene rings is 2. The van der Waals surface area contributed by atoms with E-state index in [2.05, 4.69) is 5.32 Å². The molecule has 0 saturated heterocycles. The Hall–Kier alpha value is -2.30. The number of nitrogens with zero attached hydrogens (tertiary/aromatic N) is 1. The van der Waals surface area contributed by atoms with Gasteiger partial charge in [0.2, 0.25) is 15.9 Å². The summed E-state index contributed by atoms with van der Waals surface area (Å²) in [6.07, 6.45) is 3.63. The number of rotatable bonds is 7. The fourth-order valence-corrected chi connectivity index (χ4v) is 5.67. The van der Waals surface area contributed by atoms with Crippen LogP contribution in [0, 0.1) is 17.5 Å². The zero-order valence-electron chi connectivity index (χ0n) is 17.2. The van der Waals surface area contributed by atoms with Crippen LogP contribution in [0.5, 0.6) is 5.75 Å². The number of methoxy groups -OCH3 is 1. The Morgan fingerprint density at radius 1 is 1.12 bits per heavy atom. The highest BCUT2D eigenvalue weighted by atomic mass is 35.5. The molecule has 0 atom stereocenters. The molecule has 0 unspecified atom stereocenters. The van der Waals surface area contributed by atoms with Gasteiger partial charge in [0.1, 0.15) is 5.75 Å². The van der Waals surface area contributed by atoms with Gasteiger partial charge in [-0.15, -0.1) is 0 Å². The third kappa shape index (κ3) is 5.19. The van der Waals surface area contributed by atoms with Crippen molar-refractivity contribution in [3.8, 4) is 5.75 Å². The summed E-state index contributed by atoms with van der Waals surface area (Å²) in [5.41, 5.74) is -0.581. The molecular weight excluding hydrogens is 469 g/mol. The molecule has 174 valence electrons. The first-order valence-corrected chi connectivity index (χ1v) is 11.8. The van der Waals surface area contributed by atoms with Gasteiger partial charge < -0.3 is 10.1 Å². The maximum absolute atomic E-state index is 13.9. The molecule has 1 amide bonds. The molecule has 6 nitrogen and oxygen atoms in total. The molecule has 0 spiro atoms. The van der Waals surface area contributed by atoms with Crippen molar-refractivity contribution >= 4 is 33.2 Å². The largest absolute Gasteiger partial charge is 0.495 e. The van der Waals surface area contributed by atoms with E-state index in [1.807, 2.05) is 0 Å². The molecule has 1 saturated carbocycles. The van der Waals surface area contributed by atoms with Crippen molar-refractivity contribution < 1.29 is 31.1 Å². The van der Waals surface area contributed by atoms with E-state index in [1.165, 1.54) is 25.3 Å². The smallest absolute Gasteiger partial charge is 0.243 e. The van der Waals surface area contributed by atoms with Gasteiger partial charge in [-0.25, -0.2) is 21.6 Å². The summed E-state index contributed by atoms with van der Waals surface area (Å²) in [7, 11) is -2.76. The molecule has 32 heavy (non-hydrogen) atoms. The second kappa shape index (κ2) is 10.1. The van der Waals surface area contributed by atoms with Gasteiger partial charge in [0.05, 0.1) is 29.3 Å². The van der Waals surface area contributed by atoms with E-state index in [9.17, 15) is 26.4 Å². The normalized spacial score (nSPS) is 15.1. The molecule has 2 aromatic rings. The first-order chi connectivity index (χ1) is 15.1. The Morgan fingerprint density at radius 3 is 2.44 bits per heavy atom. The summed E-state index contributed by atoms with van der Waals surface area (Å²) in [5, 5.41) is 2.22. The number of amides is 1. The fraction of sp³-hybridized carbons (Fsp3) is 0.381. The van der Waals surface area contributed by atoms with Crippen molar-refractivity contribution in [2.24, 2.45) is 0 Å². The lowest BCUT2D eigenvalue weighted by Gasteiger charge is -2.33. The molecule has 1 aliphatic carbocycles. The standard InChI is InChI=1S/C21H22ClF3N2O4S/c1-31-18-10-7-14(11-15(18)22)32(29,30)27(13-5-3-2-4-6-13)12-19(28)26-17-9-8-16(23)20(24)21(17)25/h7-11,13H,2-6,12H2,1H3,(H,26,28). The van der Waals surface area contributed by atoms with Crippen LogP contribution in [0.1, 0.15) is 32.1 Å². The van der Waals surface area contributed by atoms with Crippen molar-refractivity contribution in [3.05, 3.63) is 52.8 Å². The molecule has 1 fully saturated rings. The highest BCUT2D eigenvalue weighted by Gasteiger charge is 2.34. The van der Waals surface area contributed by atoms with Crippen molar-refractivity contribution in [1.82, 2.24) is 4.31 Å². The summed E-state index contributed by atoms with van der Waals surface area (Å²) in [6, 6.07) is 5.05. The number of halogens is 4. The highest BCUT2D eigenvalue weighted by molar-refractivity contribution is 7.89. The monoisotopic (exact) mass is 490 g/mol. The van der Waals surface area contributed by atoms with E-state index in [0.29, 0.717) is 24.7 Å². The number of hydrogen-bond donors (Lipinski definition) is 1. The molecule has 11 heteroatoms. The number of anilines is 1. The molecular formula is C21H22ClF3N2O4S. The second-order valence-electron chi connectivity index (χ2n) is 7.41. The molecule has 0 aromatic heterocycles. The molecule has 1 aliphatic rings. The second-order valence-corrected chi connectivity index (χ2v) is 9.71. The van der Waals surface area contributed by atoms with Gasteiger partial charge in [-0.1, -0.05) is 30.9 Å². The Balaban J connectivity index is 1.90. The van der Waals surface area contributed by atoms with Crippen LogP contribution >= 0.6 is 11.6 Å². The van der Waals surface area contributed by atoms with Gasteiger partial charge in [0, 0.05) is 6.04 Å². The molecule has 0 bridgehead atoms.